The molecule has 0 saturated heterocycles. The minimum Gasteiger partial charge on any atom is -0.495 e. The number of sulfonamides is 1. The van der Waals surface area contributed by atoms with Crippen LogP contribution in [0.3, 0.4) is 0 Å². The van der Waals surface area contributed by atoms with E-state index in [1.807, 2.05) is 6.92 Å². The van der Waals surface area contributed by atoms with Gasteiger partial charge in [-0.25, -0.2) is 13.8 Å². The van der Waals surface area contributed by atoms with E-state index in [4.69, 9.17) is 4.74 Å². The summed E-state index contributed by atoms with van der Waals surface area (Å²) in [6.45, 7) is 4.43. The minimum atomic E-state index is -4.09. The molecule has 10 heteroatoms. The van der Waals surface area contributed by atoms with Gasteiger partial charge in [0.15, 0.2) is 0 Å². The van der Waals surface area contributed by atoms with Gasteiger partial charge in [-0.15, -0.1) is 0 Å². The third-order valence-corrected chi connectivity index (χ3v) is 6.97. The van der Waals surface area contributed by atoms with E-state index < -0.39 is 22.5 Å². The Kier molecular flexibility index (Phi) is 8.44. The highest BCUT2D eigenvalue weighted by molar-refractivity contribution is 7.92. The summed E-state index contributed by atoms with van der Waals surface area (Å²) in [7, 11) is -2.66. The zero-order chi connectivity index (χ0) is 26.3. The number of aryl methyl sites for hydroxylation is 1. The SMILES string of the molecule is COc1ccc(C)cc1N(CC(=O)N/N=C(/C)c1ccc(NC(C)=O)cc1)S(=O)(=O)c1ccccc1. The molecule has 0 saturated carbocycles. The number of benzene rings is 3. The Hall–Kier alpha value is -4.18. The summed E-state index contributed by atoms with van der Waals surface area (Å²) in [5.41, 5.74) is 5.34. The van der Waals surface area contributed by atoms with E-state index in [0.717, 1.165) is 15.4 Å². The molecule has 0 aliphatic carbocycles. The monoisotopic (exact) mass is 508 g/mol. The van der Waals surface area contributed by atoms with Crippen molar-refractivity contribution in [2.75, 3.05) is 23.3 Å². The van der Waals surface area contributed by atoms with E-state index in [2.05, 4.69) is 15.8 Å². The molecule has 0 heterocycles. The number of ether oxygens (including phenoxy) is 1. The van der Waals surface area contributed by atoms with E-state index >= 15 is 0 Å². The molecule has 0 bridgehead atoms. The molecular weight excluding hydrogens is 480 g/mol. The molecule has 0 atom stereocenters. The molecule has 0 aliphatic heterocycles. The third-order valence-electron chi connectivity index (χ3n) is 5.19. The number of methoxy groups -OCH3 is 1. The van der Waals surface area contributed by atoms with Crippen molar-refractivity contribution in [1.82, 2.24) is 5.43 Å². The molecule has 2 N–H and O–H groups in total. The van der Waals surface area contributed by atoms with E-state index in [-0.39, 0.29) is 16.5 Å². The lowest BCUT2D eigenvalue weighted by molar-refractivity contribution is -0.119. The second-order valence-electron chi connectivity index (χ2n) is 7.99. The molecule has 3 rings (SSSR count). The number of carbonyl (C=O) groups is 2. The van der Waals surface area contributed by atoms with Gasteiger partial charge in [-0.1, -0.05) is 36.4 Å². The van der Waals surface area contributed by atoms with Crippen LogP contribution in [0.4, 0.5) is 11.4 Å². The van der Waals surface area contributed by atoms with Gasteiger partial charge in [0.05, 0.1) is 23.4 Å². The maximum absolute atomic E-state index is 13.5. The van der Waals surface area contributed by atoms with E-state index in [9.17, 15) is 18.0 Å². The zero-order valence-electron chi connectivity index (χ0n) is 20.5. The molecule has 188 valence electrons. The average Bonchev–Trinajstić information content (AvgIpc) is 2.86. The molecule has 0 radical (unpaired) electrons. The number of hydrogen-bond acceptors (Lipinski definition) is 6. The molecule has 0 fully saturated rings. The lowest BCUT2D eigenvalue weighted by atomic mass is 10.1. The molecule has 0 aliphatic rings. The van der Waals surface area contributed by atoms with Crippen molar-refractivity contribution in [3.63, 3.8) is 0 Å². The fourth-order valence-corrected chi connectivity index (χ4v) is 4.83. The van der Waals surface area contributed by atoms with Gasteiger partial charge in [0, 0.05) is 12.6 Å². The zero-order valence-corrected chi connectivity index (χ0v) is 21.3. The first-order valence-corrected chi connectivity index (χ1v) is 12.5. The number of anilines is 2. The van der Waals surface area contributed by atoms with Crippen LogP contribution in [0.5, 0.6) is 5.75 Å². The molecule has 3 aromatic carbocycles. The second kappa shape index (κ2) is 11.5. The largest absolute Gasteiger partial charge is 0.495 e. The fourth-order valence-electron chi connectivity index (χ4n) is 3.39. The van der Waals surface area contributed by atoms with Crippen LogP contribution >= 0.6 is 0 Å². The maximum atomic E-state index is 13.5. The van der Waals surface area contributed by atoms with E-state index in [1.54, 1.807) is 67.6 Å². The molecule has 0 aromatic heterocycles. The van der Waals surface area contributed by atoms with Crippen molar-refractivity contribution in [2.24, 2.45) is 5.10 Å². The lowest BCUT2D eigenvalue weighted by Gasteiger charge is -2.25. The fraction of sp³-hybridized carbons (Fsp3) is 0.192. The van der Waals surface area contributed by atoms with Gasteiger partial charge in [0.1, 0.15) is 12.3 Å². The molecular formula is C26H28N4O5S. The van der Waals surface area contributed by atoms with Crippen LogP contribution in [0.15, 0.2) is 82.8 Å². The molecule has 0 unspecified atom stereocenters. The predicted octanol–water partition coefficient (Wildman–Crippen LogP) is 3.70. The van der Waals surface area contributed by atoms with Gasteiger partial charge >= 0.3 is 0 Å². The van der Waals surface area contributed by atoms with Crippen LogP contribution in [-0.2, 0) is 19.6 Å². The summed E-state index contributed by atoms with van der Waals surface area (Å²) in [4.78, 5) is 24.1. The Balaban J connectivity index is 1.87. The smallest absolute Gasteiger partial charge is 0.264 e. The van der Waals surface area contributed by atoms with Crippen molar-refractivity contribution in [3.05, 3.63) is 83.9 Å². The number of carbonyl (C=O) groups excluding carboxylic acids is 2. The molecule has 36 heavy (non-hydrogen) atoms. The Morgan fingerprint density at radius 2 is 1.64 bits per heavy atom. The lowest BCUT2D eigenvalue weighted by Crippen LogP contribution is -2.40. The first kappa shape index (κ1) is 26.4. The average molecular weight is 509 g/mol. The van der Waals surface area contributed by atoms with Crippen LogP contribution < -0.4 is 19.8 Å². The predicted molar refractivity (Wildman–Crippen MR) is 140 cm³/mol. The Bertz CT molecular complexity index is 1370. The Morgan fingerprint density at radius 3 is 2.25 bits per heavy atom. The third kappa shape index (κ3) is 6.48. The van der Waals surface area contributed by atoms with Crippen LogP contribution in [-0.4, -0.2) is 39.6 Å². The van der Waals surface area contributed by atoms with E-state index in [1.165, 1.54) is 26.2 Å². The van der Waals surface area contributed by atoms with Crippen LogP contribution in [0.1, 0.15) is 25.0 Å². The molecule has 9 nitrogen and oxygen atoms in total. The summed E-state index contributed by atoms with van der Waals surface area (Å²) in [5.74, 6) is -0.500. The number of hydrogen-bond donors (Lipinski definition) is 2. The summed E-state index contributed by atoms with van der Waals surface area (Å²) < 4.78 is 33.5. The van der Waals surface area contributed by atoms with Crippen molar-refractivity contribution in [3.8, 4) is 5.75 Å². The Morgan fingerprint density at radius 1 is 0.972 bits per heavy atom. The summed E-state index contributed by atoms with van der Waals surface area (Å²) in [5, 5.41) is 6.80. The summed E-state index contributed by atoms with van der Waals surface area (Å²) in [6, 6.07) is 19.9. The number of hydrazone groups is 1. The van der Waals surface area contributed by atoms with Crippen LogP contribution in [0.2, 0.25) is 0 Å². The van der Waals surface area contributed by atoms with Crippen molar-refractivity contribution in [2.45, 2.75) is 25.7 Å². The molecule has 0 spiro atoms. The number of rotatable bonds is 9. The quantitative estimate of drug-likeness (QED) is 0.338. The molecule has 2 amide bonds. The first-order valence-electron chi connectivity index (χ1n) is 11.1. The highest BCUT2D eigenvalue weighted by Gasteiger charge is 2.29. The molecule has 3 aromatic rings. The van der Waals surface area contributed by atoms with Gasteiger partial charge in [0.25, 0.3) is 15.9 Å². The van der Waals surface area contributed by atoms with Gasteiger partial charge in [0.2, 0.25) is 5.91 Å². The second-order valence-corrected chi connectivity index (χ2v) is 9.85. The van der Waals surface area contributed by atoms with Gasteiger partial charge < -0.3 is 10.1 Å². The summed E-state index contributed by atoms with van der Waals surface area (Å²) in [6.07, 6.45) is 0. The van der Waals surface area contributed by atoms with E-state index in [0.29, 0.717) is 17.1 Å². The number of nitrogens with one attached hydrogen (secondary N) is 2. The first-order chi connectivity index (χ1) is 17.1. The van der Waals surface area contributed by atoms with Gasteiger partial charge in [-0.05, 0) is 61.4 Å². The highest BCUT2D eigenvalue weighted by atomic mass is 32.2. The minimum absolute atomic E-state index is 0.0419. The highest BCUT2D eigenvalue weighted by Crippen LogP contribution is 2.33. The normalized spacial score (nSPS) is 11.5. The standard InChI is InChI=1S/C26H28N4O5S/c1-18-10-15-25(35-4)24(16-18)30(36(33,34)23-8-6-5-7-9-23)17-26(32)29-28-19(2)21-11-13-22(14-12-21)27-20(3)31/h5-16H,17H2,1-4H3,(H,27,31)(H,29,32)/b28-19-. The topological polar surface area (TPSA) is 117 Å². The van der Waals surface area contributed by atoms with Gasteiger partial charge in [-0.3, -0.25) is 13.9 Å². The Labute approximate surface area is 210 Å². The summed E-state index contributed by atoms with van der Waals surface area (Å²) >= 11 is 0. The number of nitrogens with zero attached hydrogens (tertiary/aromatic N) is 2. The van der Waals surface area contributed by atoms with Gasteiger partial charge in [-0.2, -0.15) is 5.10 Å². The van der Waals surface area contributed by atoms with Crippen molar-refractivity contribution < 1.29 is 22.7 Å². The number of amides is 2. The maximum Gasteiger partial charge on any atom is 0.264 e. The van der Waals surface area contributed by atoms with Crippen molar-refractivity contribution >= 4 is 38.9 Å². The van der Waals surface area contributed by atoms with Crippen molar-refractivity contribution in [1.29, 1.82) is 0 Å². The van der Waals surface area contributed by atoms with Crippen LogP contribution in [0, 0.1) is 6.92 Å². The van der Waals surface area contributed by atoms with Crippen LogP contribution in [0.25, 0.3) is 0 Å².